The Hall–Kier alpha value is -0.890. The Morgan fingerprint density at radius 2 is 1.91 bits per heavy atom. The Morgan fingerprint density at radius 3 is 2.65 bits per heavy atom. The van der Waals surface area contributed by atoms with Crippen molar-refractivity contribution in [2.24, 2.45) is 28.6 Å². The molecule has 0 radical (unpaired) electrons. The van der Waals surface area contributed by atoms with Crippen LogP contribution in [0.4, 0.5) is 0 Å². The van der Waals surface area contributed by atoms with E-state index in [1.54, 1.807) is 0 Å². The molecule has 0 aromatic heterocycles. The van der Waals surface area contributed by atoms with Gasteiger partial charge >= 0.3 is 0 Å². The monoisotopic (exact) mass is 314 g/mol. The molecule has 4 aliphatic rings. The zero-order valence-corrected chi connectivity index (χ0v) is 14.8. The first kappa shape index (κ1) is 15.6. The van der Waals surface area contributed by atoms with Gasteiger partial charge < -0.3 is 5.11 Å². The fourth-order valence-corrected chi connectivity index (χ4v) is 6.87. The Labute approximate surface area is 140 Å². The van der Waals surface area contributed by atoms with Crippen molar-refractivity contribution in [2.45, 2.75) is 71.3 Å². The van der Waals surface area contributed by atoms with Gasteiger partial charge in [0.05, 0.1) is 5.60 Å². The number of rotatable bonds is 0. The third kappa shape index (κ3) is 1.88. The highest BCUT2D eigenvalue weighted by atomic mass is 16.3. The maximum Gasteiger partial charge on any atom is 0.155 e. The van der Waals surface area contributed by atoms with Gasteiger partial charge in [0.1, 0.15) is 0 Å². The fraction of sp³-hybridized carbons (Fsp3) is 0.762. The quantitative estimate of drug-likeness (QED) is 0.671. The molecule has 0 aromatic carbocycles. The largest absolute Gasteiger partial charge is 0.390 e. The van der Waals surface area contributed by atoms with E-state index in [1.807, 2.05) is 13.0 Å². The van der Waals surface area contributed by atoms with Crippen molar-refractivity contribution in [3.8, 4) is 0 Å². The molecule has 2 heteroatoms. The van der Waals surface area contributed by atoms with Crippen molar-refractivity contribution in [3.63, 3.8) is 0 Å². The second-order valence-corrected chi connectivity index (χ2v) is 9.41. The smallest absolute Gasteiger partial charge is 0.155 e. The van der Waals surface area contributed by atoms with Crippen molar-refractivity contribution >= 4 is 5.78 Å². The van der Waals surface area contributed by atoms with Gasteiger partial charge in [-0.1, -0.05) is 31.6 Å². The van der Waals surface area contributed by atoms with E-state index in [-0.39, 0.29) is 10.8 Å². The molecule has 3 saturated carbocycles. The molecule has 0 bridgehead atoms. The summed E-state index contributed by atoms with van der Waals surface area (Å²) in [5.74, 6) is 2.04. The Bertz CT molecular complexity index is 613. The van der Waals surface area contributed by atoms with Crippen LogP contribution in [0.3, 0.4) is 0 Å². The predicted octanol–water partition coefficient (Wildman–Crippen LogP) is 4.44. The van der Waals surface area contributed by atoms with Gasteiger partial charge in [-0.2, -0.15) is 0 Å². The standard InChI is InChI=1S/C21H30O2/c1-13-12-20(3)17(8-10-21(20,4)23)16-6-5-14-11-15(22)7-9-19(14,2)18(13)16/h11,16-18,23H,1,5-10,12H2,2-4H3/t16-,17-,18+,19-,20-,21?/m0/s1. The number of fused-ring (bicyclic) bond motifs is 5. The lowest BCUT2D eigenvalue weighted by Crippen LogP contribution is -2.54. The summed E-state index contributed by atoms with van der Waals surface area (Å²) in [6.07, 6.45) is 8.86. The van der Waals surface area contributed by atoms with Crippen LogP contribution < -0.4 is 0 Å². The van der Waals surface area contributed by atoms with E-state index in [4.69, 9.17) is 0 Å². The number of carbonyl (C=O) groups excluding carboxylic acids is 1. The second kappa shape index (κ2) is 4.59. The van der Waals surface area contributed by atoms with E-state index in [2.05, 4.69) is 20.4 Å². The van der Waals surface area contributed by atoms with Crippen LogP contribution in [0.25, 0.3) is 0 Å². The summed E-state index contributed by atoms with van der Waals surface area (Å²) >= 11 is 0. The molecule has 0 aromatic rings. The van der Waals surface area contributed by atoms with Crippen LogP contribution in [0, 0.1) is 28.6 Å². The van der Waals surface area contributed by atoms with Gasteiger partial charge in [0.15, 0.2) is 5.78 Å². The van der Waals surface area contributed by atoms with Gasteiger partial charge in [-0.15, -0.1) is 0 Å². The third-order valence-corrected chi connectivity index (χ3v) is 8.36. The molecule has 6 atom stereocenters. The zero-order valence-electron chi connectivity index (χ0n) is 14.8. The van der Waals surface area contributed by atoms with E-state index in [9.17, 15) is 9.90 Å². The van der Waals surface area contributed by atoms with E-state index in [1.165, 1.54) is 11.1 Å². The molecule has 4 aliphatic carbocycles. The maximum absolute atomic E-state index is 11.9. The van der Waals surface area contributed by atoms with Crippen LogP contribution in [0.15, 0.2) is 23.8 Å². The molecule has 4 rings (SSSR count). The van der Waals surface area contributed by atoms with Gasteiger partial charge in [-0.05, 0) is 74.7 Å². The molecule has 0 saturated heterocycles. The average Bonchev–Trinajstić information content (AvgIpc) is 2.69. The molecular weight excluding hydrogens is 284 g/mol. The normalized spacial score (nSPS) is 52.5. The van der Waals surface area contributed by atoms with E-state index >= 15 is 0 Å². The van der Waals surface area contributed by atoms with Crippen molar-refractivity contribution in [1.82, 2.24) is 0 Å². The summed E-state index contributed by atoms with van der Waals surface area (Å²) in [5.41, 5.74) is 2.25. The van der Waals surface area contributed by atoms with Gasteiger partial charge in [0, 0.05) is 11.8 Å². The summed E-state index contributed by atoms with van der Waals surface area (Å²) in [7, 11) is 0. The fourth-order valence-electron chi connectivity index (χ4n) is 6.87. The zero-order chi connectivity index (χ0) is 16.6. The van der Waals surface area contributed by atoms with Gasteiger partial charge in [0.25, 0.3) is 0 Å². The first-order valence-electron chi connectivity index (χ1n) is 9.33. The van der Waals surface area contributed by atoms with Gasteiger partial charge in [-0.3, -0.25) is 4.79 Å². The van der Waals surface area contributed by atoms with Crippen LogP contribution in [-0.4, -0.2) is 16.5 Å². The highest BCUT2D eigenvalue weighted by Crippen LogP contribution is 2.68. The van der Waals surface area contributed by atoms with E-state index < -0.39 is 5.60 Å². The Morgan fingerprint density at radius 1 is 1.17 bits per heavy atom. The summed E-state index contributed by atoms with van der Waals surface area (Å²) in [5, 5.41) is 11.0. The van der Waals surface area contributed by atoms with Crippen LogP contribution in [-0.2, 0) is 4.79 Å². The summed E-state index contributed by atoms with van der Waals surface area (Å²) in [6.45, 7) is 11.2. The van der Waals surface area contributed by atoms with Gasteiger partial charge in [-0.25, -0.2) is 0 Å². The number of hydrogen-bond donors (Lipinski definition) is 1. The first-order chi connectivity index (χ1) is 10.7. The maximum atomic E-state index is 11.9. The lowest BCUT2D eigenvalue weighted by Gasteiger charge is -2.59. The van der Waals surface area contributed by atoms with Crippen molar-refractivity contribution in [2.75, 3.05) is 0 Å². The minimum Gasteiger partial charge on any atom is -0.390 e. The molecule has 3 fully saturated rings. The summed E-state index contributed by atoms with van der Waals surface area (Å²) in [4.78, 5) is 11.9. The molecule has 1 N–H and O–H groups in total. The molecule has 126 valence electrons. The number of allylic oxidation sites excluding steroid dienone is 2. The van der Waals surface area contributed by atoms with Gasteiger partial charge in [0.2, 0.25) is 0 Å². The Balaban J connectivity index is 1.77. The third-order valence-electron chi connectivity index (χ3n) is 8.36. The van der Waals surface area contributed by atoms with Crippen LogP contribution in [0.5, 0.6) is 0 Å². The average molecular weight is 314 g/mol. The Kier molecular flexibility index (Phi) is 3.12. The van der Waals surface area contributed by atoms with Crippen molar-refractivity contribution in [1.29, 1.82) is 0 Å². The molecule has 0 aliphatic heterocycles. The number of ketones is 1. The predicted molar refractivity (Wildman–Crippen MR) is 91.9 cm³/mol. The highest BCUT2D eigenvalue weighted by molar-refractivity contribution is 5.91. The lowest BCUT2D eigenvalue weighted by atomic mass is 9.45. The van der Waals surface area contributed by atoms with Crippen molar-refractivity contribution in [3.05, 3.63) is 23.8 Å². The number of aliphatic hydroxyl groups is 1. The molecule has 0 amide bonds. The topological polar surface area (TPSA) is 37.3 Å². The number of hydrogen-bond acceptors (Lipinski definition) is 2. The molecule has 0 heterocycles. The highest BCUT2D eigenvalue weighted by Gasteiger charge is 2.63. The molecule has 1 unspecified atom stereocenters. The molecule has 2 nitrogen and oxygen atoms in total. The molecular formula is C21H30O2. The first-order valence-corrected chi connectivity index (χ1v) is 9.33. The number of carbonyl (C=O) groups is 1. The van der Waals surface area contributed by atoms with Crippen LogP contribution in [0.1, 0.15) is 65.7 Å². The van der Waals surface area contributed by atoms with Crippen molar-refractivity contribution < 1.29 is 9.90 Å². The van der Waals surface area contributed by atoms with Crippen LogP contribution >= 0.6 is 0 Å². The molecule has 23 heavy (non-hydrogen) atoms. The summed E-state index contributed by atoms with van der Waals surface area (Å²) in [6, 6.07) is 0. The SMILES string of the molecule is C=C1C[C@@]2(C)[C@@H](CCC2(C)O)[C@@H]2CCC3=CC(=O)CC[C@]3(C)[C@H]12. The minimum absolute atomic E-state index is 0.0205. The second-order valence-electron chi connectivity index (χ2n) is 9.41. The molecule has 0 spiro atoms. The van der Waals surface area contributed by atoms with E-state index in [0.717, 1.165) is 38.5 Å². The van der Waals surface area contributed by atoms with E-state index in [0.29, 0.717) is 30.0 Å². The van der Waals surface area contributed by atoms with Crippen LogP contribution in [0.2, 0.25) is 0 Å². The minimum atomic E-state index is -0.564. The summed E-state index contributed by atoms with van der Waals surface area (Å²) < 4.78 is 0. The lowest BCUT2D eigenvalue weighted by molar-refractivity contribution is -0.118.